The van der Waals surface area contributed by atoms with Crippen molar-refractivity contribution in [2.24, 2.45) is 0 Å². The number of hydrogen-bond acceptors (Lipinski definition) is 5. The van der Waals surface area contributed by atoms with Crippen molar-refractivity contribution < 1.29 is 14.1 Å². The molecule has 28 heavy (non-hydrogen) atoms. The van der Waals surface area contributed by atoms with Gasteiger partial charge < -0.3 is 15.2 Å². The number of aryl methyl sites for hydroxylation is 2. The molecule has 6 nitrogen and oxygen atoms in total. The van der Waals surface area contributed by atoms with E-state index in [4.69, 9.17) is 4.52 Å². The number of carbonyl (C=O) groups is 2. The molecular weight excluding hydrogens is 374 g/mol. The van der Waals surface area contributed by atoms with Crippen LogP contribution in [0.15, 0.2) is 34.9 Å². The number of carbonyl (C=O) groups excluding carboxylic acids is 2. The summed E-state index contributed by atoms with van der Waals surface area (Å²) in [4.78, 5) is 26.3. The number of benzene rings is 1. The van der Waals surface area contributed by atoms with E-state index in [1.54, 1.807) is 13.1 Å². The lowest BCUT2D eigenvalue weighted by Crippen LogP contribution is -2.22. The third-order valence-corrected chi connectivity index (χ3v) is 6.14. The van der Waals surface area contributed by atoms with Crippen molar-refractivity contribution in [1.82, 2.24) is 10.5 Å². The average molecular weight is 395 g/mol. The topological polar surface area (TPSA) is 84.2 Å². The first-order chi connectivity index (χ1) is 13.6. The minimum Gasteiger partial charge on any atom is -0.355 e. The number of nitrogens with zero attached hydrogens (tertiary/aromatic N) is 1. The predicted octanol–water partition coefficient (Wildman–Crippen LogP) is 4.20. The summed E-state index contributed by atoms with van der Waals surface area (Å²) in [6.45, 7) is 2.01. The Labute approximate surface area is 166 Å². The van der Waals surface area contributed by atoms with Gasteiger partial charge in [-0.2, -0.15) is 0 Å². The van der Waals surface area contributed by atoms with E-state index in [9.17, 15) is 9.59 Å². The number of thiophene rings is 1. The van der Waals surface area contributed by atoms with Crippen LogP contribution in [0.2, 0.25) is 0 Å². The van der Waals surface area contributed by atoms with Crippen LogP contribution in [0.5, 0.6) is 0 Å². The molecule has 7 heteroatoms. The van der Waals surface area contributed by atoms with Crippen LogP contribution in [0.25, 0.3) is 11.3 Å². The van der Waals surface area contributed by atoms with Gasteiger partial charge in [0.25, 0.3) is 11.8 Å². The fraction of sp³-hybridized carbons (Fsp3) is 0.286. The fourth-order valence-electron chi connectivity index (χ4n) is 3.42. The Balaban J connectivity index is 1.60. The van der Waals surface area contributed by atoms with Crippen molar-refractivity contribution in [2.45, 2.75) is 32.6 Å². The molecule has 0 radical (unpaired) electrons. The number of rotatable bonds is 4. The summed E-state index contributed by atoms with van der Waals surface area (Å²) in [5.41, 5.74) is 3.83. The number of amides is 2. The second-order valence-electron chi connectivity index (χ2n) is 6.89. The molecule has 0 spiro atoms. The highest BCUT2D eigenvalue weighted by atomic mass is 32.1. The Bertz CT molecular complexity index is 1030. The summed E-state index contributed by atoms with van der Waals surface area (Å²) in [6, 6.07) is 9.42. The molecule has 144 valence electrons. The highest BCUT2D eigenvalue weighted by Gasteiger charge is 2.26. The molecule has 2 N–H and O–H groups in total. The van der Waals surface area contributed by atoms with Gasteiger partial charge in [0.1, 0.15) is 5.00 Å². The number of anilines is 1. The monoisotopic (exact) mass is 395 g/mol. The minimum absolute atomic E-state index is 0.171. The van der Waals surface area contributed by atoms with Gasteiger partial charge in [-0.1, -0.05) is 35.0 Å². The Morgan fingerprint density at radius 1 is 1.11 bits per heavy atom. The van der Waals surface area contributed by atoms with Crippen molar-refractivity contribution in [2.75, 3.05) is 12.4 Å². The van der Waals surface area contributed by atoms with Crippen LogP contribution in [0.1, 0.15) is 49.7 Å². The minimum atomic E-state index is -0.383. The third-order valence-electron chi connectivity index (χ3n) is 4.93. The summed E-state index contributed by atoms with van der Waals surface area (Å²) in [5, 5.41) is 10.0. The van der Waals surface area contributed by atoms with Crippen LogP contribution in [-0.4, -0.2) is 24.0 Å². The van der Waals surface area contributed by atoms with Gasteiger partial charge in [0.15, 0.2) is 11.5 Å². The Kier molecular flexibility index (Phi) is 5.00. The first kappa shape index (κ1) is 18.4. The lowest BCUT2D eigenvalue weighted by molar-refractivity contribution is 0.0963. The van der Waals surface area contributed by atoms with Gasteiger partial charge in [-0.05, 0) is 38.2 Å². The lowest BCUT2D eigenvalue weighted by atomic mass is 9.95. The molecule has 0 saturated heterocycles. The maximum Gasteiger partial charge on any atom is 0.278 e. The first-order valence-electron chi connectivity index (χ1n) is 9.28. The third kappa shape index (κ3) is 3.45. The normalized spacial score (nSPS) is 13.1. The van der Waals surface area contributed by atoms with Gasteiger partial charge in [-0.3, -0.25) is 9.59 Å². The molecule has 3 aromatic rings. The smallest absolute Gasteiger partial charge is 0.278 e. The maximum absolute atomic E-state index is 12.7. The average Bonchev–Trinajstić information content (AvgIpc) is 3.33. The zero-order valence-electron chi connectivity index (χ0n) is 15.8. The van der Waals surface area contributed by atoms with E-state index in [2.05, 4.69) is 15.8 Å². The summed E-state index contributed by atoms with van der Waals surface area (Å²) in [6.07, 6.45) is 3.98. The summed E-state index contributed by atoms with van der Waals surface area (Å²) in [7, 11) is 1.60. The summed E-state index contributed by atoms with van der Waals surface area (Å²) >= 11 is 1.48. The highest BCUT2D eigenvalue weighted by molar-refractivity contribution is 7.17. The largest absolute Gasteiger partial charge is 0.355 e. The van der Waals surface area contributed by atoms with Gasteiger partial charge in [0.05, 0.1) is 5.56 Å². The van der Waals surface area contributed by atoms with Crippen LogP contribution in [-0.2, 0) is 12.8 Å². The van der Waals surface area contributed by atoms with E-state index >= 15 is 0 Å². The Morgan fingerprint density at radius 2 is 1.86 bits per heavy atom. The van der Waals surface area contributed by atoms with Gasteiger partial charge in [-0.25, -0.2) is 0 Å². The van der Waals surface area contributed by atoms with Gasteiger partial charge >= 0.3 is 0 Å². The molecule has 0 bridgehead atoms. The standard InChI is InChI=1S/C21H21N3O3S/c1-12-7-9-13(10-8-12)16-11-15(24-27-16)19(25)23-21-18(20(26)22-2)14-5-3-4-6-17(14)28-21/h7-11H,3-6H2,1-2H3,(H,22,26)(H,23,25). The SMILES string of the molecule is CNC(=O)c1c(NC(=O)c2cc(-c3ccc(C)cc3)on2)sc2c1CCCC2. The molecular formula is C21H21N3O3S. The molecule has 0 aliphatic heterocycles. The van der Waals surface area contributed by atoms with E-state index in [0.29, 0.717) is 16.3 Å². The molecule has 1 aromatic carbocycles. The Morgan fingerprint density at radius 3 is 2.61 bits per heavy atom. The van der Waals surface area contributed by atoms with E-state index in [1.807, 2.05) is 31.2 Å². The molecule has 0 saturated carbocycles. The van der Waals surface area contributed by atoms with Crippen molar-refractivity contribution in [3.63, 3.8) is 0 Å². The lowest BCUT2D eigenvalue weighted by Gasteiger charge is -2.12. The zero-order chi connectivity index (χ0) is 19.7. The molecule has 2 amide bonds. The molecule has 2 heterocycles. The summed E-state index contributed by atoms with van der Waals surface area (Å²) in [5.74, 6) is -0.0248. The molecule has 4 rings (SSSR count). The molecule has 1 aliphatic rings. The van der Waals surface area contributed by atoms with Gasteiger partial charge in [0.2, 0.25) is 0 Å². The zero-order valence-corrected chi connectivity index (χ0v) is 16.6. The predicted molar refractivity (Wildman–Crippen MR) is 109 cm³/mol. The fourth-order valence-corrected chi connectivity index (χ4v) is 4.70. The highest BCUT2D eigenvalue weighted by Crippen LogP contribution is 2.38. The van der Waals surface area contributed by atoms with Crippen LogP contribution in [0.4, 0.5) is 5.00 Å². The van der Waals surface area contributed by atoms with E-state index < -0.39 is 0 Å². The van der Waals surface area contributed by atoms with E-state index in [0.717, 1.165) is 42.4 Å². The Hall–Kier alpha value is -2.93. The molecule has 2 aromatic heterocycles. The van der Waals surface area contributed by atoms with Gasteiger partial charge in [0, 0.05) is 23.6 Å². The molecule has 1 aliphatic carbocycles. The maximum atomic E-state index is 12.7. The number of fused-ring (bicyclic) bond motifs is 1. The van der Waals surface area contributed by atoms with Crippen molar-refractivity contribution in [1.29, 1.82) is 0 Å². The molecule has 0 fully saturated rings. The number of hydrogen-bond donors (Lipinski definition) is 2. The van der Waals surface area contributed by atoms with Crippen molar-refractivity contribution >= 4 is 28.2 Å². The van der Waals surface area contributed by atoms with Crippen LogP contribution in [0, 0.1) is 6.92 Å². The second-order valence-corrected chi connectivity index (χ2v) is 8.00. The van der Waals surface area contributed by atoms with Crippen LogP contribution < -0.4 is 10.6 Å². The molecule has 0 unspecified atom stereocenters. The quantitative estimate of drug-likeness (QED) is 0.693. The van der Waals surface area contributed by atoms with Crippen LogP contribution >= 0.6 is 11.3 Å². The van der Waals surface area contributed by atoms with Crippen molar-refractivity contribution in [3.8, 4) is 11.3 Å². The van der Waals surface area contributed by atoms with Crippen molar-refractivity contribution in [3.05, 3.63) is 57.6 Å². The summed E-state index contributed by atoms with van der Waals surface area (Å²) < 4.78 is 5.34. The number of nitrogens with one attached hydrogen (secondary N) is 2. The van der Waals surface area contributed by atoms with Gasteiger partial charge in [-0.15, -0.1) is 11.3 Å². The van der Waals surface area contributed by atoms with E-state index in [-0.39, 0.29) is 17.5 Å². The first-order valence-corrected chi connectivity index (χ1v) is 10.1. The number of aromatic nitrogens is 1. The van der Waals surface area contributed by atoms with Crippen LogP contribution in [0.3, 0.4) is 0 Å². The van der Waals surface area contributed by atoms with E-state index in [1.165, 1.54) is 16.2 Å². The molecule has 0 atom stereocenters. The second kappa shape index (κ2) is 7.59.